The maximum Gasteiger partial charge on any atom is 0.509 e. The molecule has 0 heterocycles. The van der Waals surface area contributed by atoms with Crippen molar-refractivity contribution in [1.29, 1.82) is 0 Å². The summed E-state index contributed by atoms with van der Waals surface area (Å²) in [6, 6.07) is 0. The van der Waals surface area contributed by atoms with Crippen molar-refractivity contribution in [3.8, 4) is 0 Å². The standard InChI is InChI=1S/C52H88O10/c1-21-48(57-36(53)46(19,42(8,9)10)28-40(2,3)4)23-22-34(25-48)24-45(17,18)60-39(56)61-50-30-49(58-37(54)47(20,43(11,12)13)29-41(5,6)7)26-35-27-52(33-50,51(35,31-49)32-50)62-38(55)59-44(14,15)16/h34-35H,21-33H2,1-20H3. The number of ether oxygens (including phenoxy) is 6. The lowest BCUT2D eigenvalue weighted by atomic mass is 9.52. The van der Waals surface area contributed by atoms with E-state index < -0.39 is 62.2 Å². The molecule has 0 radical (unpaired) electrons. The Morgan fingerprint density at radius 1 is 0.548 bits per heavy atom. The van der Waals surface area contributed by atoms with Crippen molar-refractivity contribution in [1.82, 2.24) is 0 Å². The Kier molecular flexibility index (Phi) is 12.4. The SMILES string of the molecule is CCC1(OC(=O)C(C)(CC(C)(C)C)C(C)(C)C)CCC(CC(C)(C)OC(=O)OC23CC4(OC(=O)C(C)(CC(C)(C)C)C(C)(C)C)CC5CC(OC(=O)OC(C)(C)C)(C2)C5(C3)C4)C1. The van der Waals surface area contributed by atoms with Gasteiger partial charge in [-0.15, -0.1) is 0 Å². The van der Waals surface area contributed by atoms with Gasteiger partial charge in [-0.1, -0.05) is 90.0 Å². The summed E-state index contributed by atoms with van der Waals surface area (Å²) in [6.45, 7) is 41.0. The summed E-state index contributed by atoms with van der Waals surface area (Å²) < 4.78 is 38.3. The Bertz CT molecular complexity index is 1750. The summed E-state index contributed by atoms with van der Waals surface area (Å²) in [5.74, 6) is -0.0764. The average Bonchev–Trinajstić information content (AvgIpc) is 3.54. The van der Waals surface area contributed by atoms with Crippen LogP contribution in [0.15, 0.2) is 0 Å². The molecule has 0 saturated heterocycles. The largest absolute Gasteiger partial charge is 0.509 e. The van der Waals surface area contributed by atoms with Gasteiger partial charge in [0.2, 0.25) is 0 Å². The molecule has 62 heavy (non-hydrogen) atoms. The highest BCUT2D eigenvalue weighted by Gasteiger charge is 2.86. The second kappa shape index (κ2) is 15.3. The summed E-state index contributed by atoms with van der Waals surface area (Å²) in [5, 5.41) is 0. The number of esters is 2. The van der Waals surface area contributed by atoms with Crippen LogP contribution in [0, 0.1) is 49.7 Å². The monoisotopic (exact) mass is 873 g/mol. The predicted molar refractivity (Wildman–Crippen MR) is 241 cm³/mol. The Hall–Kier alpha value is -2.52. The third-order valence-corrected chi connectivity index (χ3v) is 16.4. The molecule has 10 heteroatoms. The first-order chi connectivity index (χ1) is 27.6. The molecule has 0 N–H and O–H groups in total. The van der Waals surface area contributed by atoms with Gasteiger partial charge in [-0.25, -0.2) is 9.59 Å². The van der Waals surface area contributed by atoms with Gasteiger partial charge in [-0.3, -0.25) is 9.59 Å². The highest BCUT2D eigenvalue weighted by Crippen LogP contribution is 2.81. The van der Waals surface area contributed by atoms with E-state index in [4.69, 9.17) is 28.4 Å². The Balaban J connectivity index is 1.35. The van der Waals surface area contributed by atoms with Crippen LogP contribution in [0.5, 0.6) is 0 Å². The van der Waals surface area contributed by atoms with Gasteiger partial charge in [0, 0.05) is 18.3 Å². The van der Waals surface area contributed by atoms with E-state index in [1.165, 1.54) is 0 Å². The number of carbonyl (C=O) groups excluding carboxylic acids is 4. The molecule has 5 aliphatic rings. The second-order valence-corrected chi connectivity index (χ2v) is 27.9. The summed E-state index contributed by atoms with van der Waals surface area (Å²) in [7, 11) is 0. The molecule has 5 fully saturated rings. The molecule has 9 unspecified atom stereocenters. The van der Waals surface area contributed by atoms with Crippen LogP contribution in [0.25, 0.3) is 0 Å². The molecule has 5 rings (SSSR count). The van der Waals surface area contributed by atoms with Crippen LogP contribution >= 0.6 is 0 Å². The molecule has 10 nitrogen and oxygen atoms in total. The minimum absolute atomic E-state index is 0.0543. The molecule has 0 aromatic rings. The van der Waals surface area contributed by atoms with Gasteiger partial charge < -0.3 is 28.4 Å². The smallest absolute Gasteiger partial charge is 0.459 e. The molecular formula is C52H88O10. The zero-order chi connectivity index (χ0) is 47.4. The molecule has 1 spiro atoms. The Morgan fingerprint density at radius 3 is 1.53 bits per heavy atom. The van der Waals surface area contributed by atoms with Crippen molar-refractivity contribution in [2.24, 2.45) is 49.7 Å². The fraction of sp³-hybridized carbons (Fsp3) is 0.923. The fourth-order valence-corrected chi connectivity index (χ4v) is 13.2. The van der Waals surface area contributed by atoms with Crippen molar-refractivity contribution in [3.63, 3.8) is 0 Å². The second-order valence-electron chi connectivity index (χ2n) is 27.9. The van der Waals surface area contributed by atoms with Crippen LogP contribution in [0.4, 0.5) is 9.59 Å². The molecule has 0 aliphatic heterocycles. The molecular weight excluding hydrogens is 785 g/mol. The number of rotatable bonds is 12. The van der Waals surface area contributed by atoms with E-state index in [1.807, 2.05) is 41.5 Å². The lowest BCUT2D eigenvalue weighted by Crippen LogP contribution is -2.60. The molecule has 3 bridgehead atoms. The quantitative estimate of drug-likeness (QED) is 0.138. The van der Waals surface area contributed by atoms with E-state index >= 15 is 0 Å². The van der Waals surface area contributed by atoms with Crippen LogP contribution in [-0.4, -0.2) is 57.9 Å². The lowest BCUT2D eigenvalue weighted by molar-refractivity contribution is -0.200. The van der Waals surface area contributed by atoms with E-state index in [9.17, 15) is 19.2 Å². The Labute approximate surface area is 376 Å². The van der Waals surface area contributed by atoms with E-state index in [-0.39, 0.29) is 45.4 Å². The number of carbonyl (C=O) groups is 4. The van der Waals surface area contributed by atoms with Gasteiger partial charge in [0.25, 0.3) is 0 Å². The number of fused-ring (bicyclic) bond motifs is 2. The maximum atomic E-state index is 14.7. The topological polar surface area (TPSA) is 124 Å². The number of hydrogen-bond donors (Lipinski definition) is 0. The molecule has 0 aromatic carbocycles. The highest BCUT2D eigenvalue weighted by atomic mass is 16.8. The van der Waals surface area contributed by atoms with Crippen molar-refractivity contribution in [3.05, 3.63) is 0 Å². The van der Waals surface area contributed by atoms with Gasteiger partial charge in [-0.05, 0) is 153 Å². The van der Waals surface area contributed by atoms with E-state index in [0.717, 1.165) is 12.8 Å². The van der Waals surface area contributed by atoms with E-state index in [2.05, 4.69) is 96.9 Å². The summed E-state index contributed by atoms with van der Waals surface area (Å²) in [6.07, 6.45) is 6.27. The van der Waals surface area contributed by atoms with Gasteiger partial charge in [0.15, 0.2) is 0 Å². The fourth-order valence-electron chi connectivity index (χ4n) is 13.2. The first-order valence-electron chi connectivity index (χ1n) is 23.9. The van der Waals surface area contributed by atoms with Crippen LogP contribution in [0.2, 0.25) is 0 Å². The summed E-state index contributed by atoms with van der Waals surface area (Å²) >= 11 is 0. The lowest BCUT2D eigenvalue weighted by Gasteiger charge is -2.56. The minimum atomic E-state index is -1.08. The zero-order valence-corrected chi connectivity index (χ0v) is 42.9. The third-order valence-electron chi connectivity index (χ3n) is 16.4. The Morgan fingerprint density at radius 2 is 1.05 bits per heavy atom. The predicted octanol–water partition coefficient (Wildman–Crippen LogP) is 13.5. The molecule has 9 atom stereocenters. The van der Waals surface area contributed by atoms with Crippen LogP contribution in [0.3, 0.4) is 0 Å². The van der Waals surface area contributed by atoms with Gasteiger partial charge in [0.05, 0.1) is 10.8 Å². The van der Waals surface area contributed by atoms with Gasteiger partial charge >= 0.3 is 24.2 Å². The summed E-state index contributed by atoms with van der Waals surface area (Å²) in [5.41, 5.74) is -7.94. The van der Waals surface area contributed by atoms with Crippen LogP contribution < -0.4 is 0 Å². The molecule has 0 aromatic heterocycles. The average molecular weight is 873 g/mol. The third kappa shape index (κ3) is 9.70. The van der Waals surface area contributed by atoms with Gasteiger partial charge in [-0.2, -0.15) is 0 Å². The molecule has 0 amide bonds. The maximum absolute atomic E-state index is 14.7. The van der Waals surface area contributed by atoms with Crippen LogP contribution in [-0.2, 0) is 38.0 Å². The molecule has 5 saturated carbocycles. The first kappa shape index (κ1) is 50.5. The number of hydrogen-bond acceptors (Lipinski definition) is 10. The first-order valence-corrected chi connectivity index (χ1v) is 23.9. The summed E-state index contributed by atoms with van der Waals surface area (Å²) in [4.78, 5) is 56.5. The van der Waals surface area contributed by atoms with Gasteiger partial charge in [0.1, 0.15) is 33.6 Å². The molecule has 5 aliphatic carbocycles. The molecule has 356 valence electrons. The van der Waals surface area contributed by atoms with Crippen molar-refractivity contribution >= 4 is 24.2 Å². The van der Waals surface area contributed by atoms with Crippen LogP contribution in [0.1, 0.15) is 222 Å². The minimum Gasteiger partial charge on any atom is -0.459 e. The van der Waals surface area contributed by atoms with Crippen molar-refractivity contribution in [2.75, 3.05) is 0 Å². The normalized spacial score (nSPS) is 34.0. The van der Waals surface area contributed by atoms with E-state index in [0.29, 0.717) is 70.6 Å². The highest BCUT2D eigenvalue weighted by molar-refractivity contribution is 5.79. The van der Waals surface area contributed by atoms with Crippen molar-refractivity contribution < 1.29 is 47.6 Å². The van der Waals surface area contributed by atoms with E-state index in [1.54, 1.807) is 0 Å². The van der Waals surface area contributed by atoms with Crippen molar-refractivity contribution in [2.45, 2.75) is 256 Å². The zero-order valence-electron chi connectivity index (χ0n) is 42.9.